The van der Waals surface area contributed by atoms with Gasteiger partial charge in [0.05, 0.1) is 22.0 Å². The molecule has 0 aliphatic heterocycles. The minimum atomic E-state index is -0.00659. The Morgan fingerprint density at radius 2 is 1.93 bits per heavy atom. The van der Waals surface area contributed by atoms with Gasteiger partial charge in [-0.3, -0.25) is 14.7 Å². The number of benzene rings is 2. The summed E-state index contributed by atoms with van der Waals surface area (Å²) in [5.41, 5.74) is 1.68. The Balaban J connectivity index is 1.62. The molecule has 0 aliphatic carbocycles. The summed E-state index contributed by atoms with van der Waals surface area (Å²) in [6, 6.07) is 19.4. The van der Waals surface area contributed by atoms with Crippen molar-refractivity contribution in [2.24, 2.45) is 0 Å². The predicted molar refractivity (Wildman–Crippen MR) is 117 cm³/mol. The Kier molecular flexibility index (Phi) is 5.90. The summed E-state index contributed by atoms with van der Waals surface area (Å²) in [4.78, 5) is 24.7. The second-order valence-corrected chi connectivity index (χ2v) is 8.49. The van der Waals surface area contributed by atoms with Gasteiger partial charge in [-0.05, 0) is 35.9 Å². The monoisotopic (exact) mass is 425 g/mol. The molecule has 0 unspecified atom stereocenters. The van der Waals surface area contributed by atoms with Gasteiger partial charge < -0.3 is 0 Å². The van der Waals surface area contributed by atoms with E-state index in [-0.39, 0.29) is 5.91 Å². The quantitative estimate of drug-likeness (QED) is 0.373. The number of anilines is 1. The van der Waals surface area contributed by atoms with Gasteiger partial charge >= 0.3 is 0 Å². The summed E-state index contributed by atoms with van der Waals surface area (Å²) in [6.07, 6.45) is 3.49. The van der Waals surface area contributed by atoms with Crippen LogP contribution in [0, 0.1) is 0 Å². The number of halogens is 1. The fourth-order valence-corrected chi connectivity index (χ4v) is 4.77. The Morgan fingerprint density at radius 1 is 1.07 bits per heavy atom. The molecular formula is C21H16ClN3OS2. The minimum absolute atomic E-state index is 0.00659. The molecule has 0 spiro atoms. The van der Waals surface area contributed by atoms with E-state index < -0.39 is 0 Å². The molecule has 0 radical (unpaired) electrons. The number of nitrogens with zero attached hydrogens (tertiary/aromatic N) is 3. The van der Waals surface area contributed by atoms with Gasteiger partial charge in [0.2, 0.25) is 5.91 Å². The van der Waals surface area contributed by atoms with Crippen molar-refractivity contribution in [2.45, 2.75) is 11.4 Å². The molecule has 4 aromatic rings. The van der Waals surface area contributed by atoms with E-state index in [4.69, 9.17) is 11.6 Å². The van der Waals surface area contributed by atoms with Crippen molar-refractivity contribution < 1.29 is 4.79 Å². The summed E-state index contributed by atoms with van der Waals surface area (Å²) in [7, 11) is 0. The zero-order chi connectivity index (χ0) is 19.3. The smallest absolute Gasteiger partial charge is 0.239 e. The van der Waals surface area contributed by atoms with Crippen LogP contribution in [0.4, 0.5) is 5.13 Å². The van der Waals surface area contributed by atoms with E-state index >= 15 is 0 Å². The number of amides is 1. The normalized spacial score (nSPS) is 10.9. The summed E-state index contributed by atoms with van der Waals surface area (Å²) >= 11 is 9.27. The molecule has 0 fully saturated rings. The lowest BCUT2D eigenvalue weighted by molar-refractivity contribution is -0.116. The zero-order valence-corrected chi connectivity index (χ0v) is 17.2. The number of pyridine rings is 1. The van der Waals surface area contributed by atoms with E-state index in [9.17, 15) is 4.79 Å². The SMILES string of the molecule is O=C(CSc1ccccc1)N(Cc1cccnc1)c1nc2c(Cl)cccc2s1. The highest BCUT2D eigenvalue weighted by Gasteiger charge is 2.21. The average molecular weight is 426 g/mol. The summed E-state index contributed by atoms with van der Waals surface area (Å²) in [5, 5.41) is 1.23. The number of hydrogen-bond donors (Lipinski definition) is 0. The third-order valence-electron chi connectivity index (χ3n) is 4.06. The van der Waals surface area contributed by atoms with Crippen LogP contribution in [0.1, 0.15) is 5.56 Å². The summed E-state index contributed by atoms with van der Waals surface area (Å²) in [5.74, 6) is 0.321. The largest absolute Gasteiger partial charge is 0.283 e. The van der Waals surface area contributed by atoms with E-state index in [0.29, 0.717) is 22.5 Å². The number of carbonyl (C=O) groups is 1. The number of para-hydroxylation sites is 1. The molecule has 28 heavy (non-hydrogen) atoms. The first-order chi connectivity index (χ1) is 13.7. The van der Waals surface area contributed by atoms with Gasteiger partial charge in [0, 0.05) is 17.3 Å². The molecular weight excluding hydrogens is 410 g/mol. The third kappa shape index (κ3) is 4.35. The lowest BCUT2D eigenvalue weighted by atomic mass is 10.2. The molecule has 4 rings (SSSR count). The van der Waals surface area contributed by atoms with E-state index in [2.05, 4.69) is 9.97 Å². The minimum Gasteiger partial charge on any atom is -0.283 e. The molecule has 7 heteroatoms. The van der Waals surface area contributed by atoms with E-state index in [1.807, 2.05) is 60.7 Å². The van der Waals surface area contributed by atoms with Crippen LogP contribution in [0.5, 0.6) is 0 Å². The number of carbonyl (C=O) groups excluding carboxylic acids is 1. The lowest BCUT2D eigenvalue weighted by Crippen LogP contribution is -2.31. The molecule has 0 atom stereocenters. The molecule has 2 aromatic heterocycles. The fourth-order valence-electron chi connectivity index (χ4n) is 2.70. The molecule has 1 amide bonds. The van der Waals surface area contributed by atoms with Gasteiger partial charge in [-0.15, -0.1) is 11.8 Å². The molecule has 0 aliphatic rings. The van der Waals surface area contributed by atoms with Crippen LogP contribution >= 0.6 is 34.7 Å². The molecule has 2 heterocycles. The van der Waals surface area contributed by atoms with Crippen LogP contribution in [-0.2, 0) is 11.3 Å². The molecule has 0 bridgehead atoms. The fraction of sp³-hybridized carbons (Fsp3) is 0.0952. The third-order valence-corrected chi connectivity index (χ3v) is 6.40. The van der Waals surface area contributed by atoms with Gasteiger partial charge in [-0.1, -0.05) is 53.3 Å². The lowest BCUT2D eigenvalue weighted by Gasteiger charge is -2.19. The number of hydrogen-bond acceptors (Lipinski definition) is 5. The van der Waals surface area contributed by atoms with Crippen molar-refractivity contribution in [2.75, 3.05) is 10.7 Å². The van der Waals surface area contributed by atoms with Gasteiger partial charge in [0.25, 0.3) is 0 Å². The van der Waals surface area contributed by atoms with E-state index in [1.54, 1.807) is 17.3 Å². The van der Waals surface area contributed by atoms with Gasteiger partial charge in [0.1, 0.15) is 5.52 Å². The Bertz CT molecular complexity index is 1090. The standard InChI is InChI=1S/C21H16ClN3OS2/c22-17-9-4-10-18-20(17)24-21(28-18)25(13-15-6-5-11-23-12-15)19(26)14-27-16-7-2-1-3-8-16/h1-12H,13-14H2. The number of thioether (sulfide) groups is 1. The Labute approximate surface area is 176 Å². The first kappa shape index (κ1) is 18.9. The average Bonchev–Trinajstić information content (AvgIpc) is 3.17. The number of fused-ring (bicyclic) bond motifs is 1. The molecule has 140 valence electrons. The van der Waals surface area contributed by atoms with Crippen LogP contribution in [-0.4, -0.2) is 21.6 Å². The summed E-state index contributed by atoms with van der Waals surface area (Å²) in [6.45, 7) is 0.416. The first-order valence-electron chi connectivity index (χ1n) is 8.63. The van der Waals surface area contributed by atoms with Crippen molar-refractivity contribution in [1.29, 1.82) is 0 Å². The molecule has 0 saturated carbocycles. The van der Waals surface area contributed by atoms with Gasteiger partial charge in [-0.2, -0.15) is 0 Å². The highest BCUT2D eigenvalue weighted by molar-refractivity contribution is 8.00. The maximum absolute atomic E-state index is 13.1. The maximum atomic E-state index is 13.1. The molecule has 0 N–H and O–H groups in total. The second-order valence-electron chi connectivity index (χ2n) is 6.03. The van der Waals surface area contributed by atoms with Crippen molar-refractivity contribution in [3.8, 4) is 0 Å². The number of aromatic nitrogens is 2. The van der Waals surface area contributed by atoms with Crippen LogP contribution in [0.3, 0.4) is 0 Å². The zero-order valence-electron chi connectivity index (χ0n) is 14.8. The van der Waals surface area contributed by atoms with Crippen LogP contribution < -0.4 is 4.90 Å². The molecule has 2 aromatic carbocycles. The second kappa shape index (κ2) is 8.73. The highest BCUT2D eigenvalue weighted by atomic mass is 35.5. The van der Waals surface area contributed by atoms with Crippen molar-refractivity contribution >= 4 is 56.0 Å². The Hall–Kier alpha value is -2.41. The maximum Gasteiger partial charge on any atom is 0.239 e. The van der Waals surface area contributed by atoms with Crippen molar-refractivity contribution in [3.05, 3.63) is 83.6 Å². The number of thiazole rings is 1. The van der Waals surface area contributed by atoms with Crippen LogP contribution in [0.2, 0.25) is 5.02 Å². The first-order valence-corrected chi connectivity index (χ1v) is 10.8. The number of rotatable bonds is 6. The van der Waals surface area contributed by atoms with E-state index in [0.717, 1.165) is 20.7 Å². The van der Waals surface area contributed by atoms with Crippen molar-refractivity contribution in [1.82, 2.24) is 9.97 Å². The summed E-state index contributed by atoms with van der Waals surface area (Å²) < 4.78 is 0.960. The van der Waals surface area contributed by atoms with Crippen LogP contribution in [0.15, 0.2) is 78.0 Å². The Morgan fingerprint density at radius 3 is 2.68 bits per heavy atom. The van der Waals surface area contributed by atoms with E-state index in [1.165, 1.54) is 23.1 Å². The van der Waals surface area contributed by atoms with Crippen molar-refractivity contribution in [3.63, 3.8) is 0 Å². The topological polar surface area (TPSA) is 46.1 Å². The van der Waals surface area contributed by atoms with Gasteiger partial charge in [0.15, 0.2) is 5.13 Å². The van der Waals surface area contributed by atoms with Crippen LogP contribution in [0.25, 0.3) is 10.2 Å². The van der Waals surface area contributed by atoms with Gasteiger partial charge in [-0.25, -0.2) is 4.98 Å². The molecule has 4 nitrogen and oxygen atoms in total. The predicted octanol–water partition coefficient (Wildman–Crippen LogP) is 5.67. The molecule has 0 saturated heterocycles. The highest BCUT2D eigenvalue weighted by Crippen LogP contribution is 2.34.